The summed E-state index contributed by atoms with van der Waals surface area (Å²) in [7, 11) is 0. The molecule has 0 aliphatic rings. The zero-order valence-electron chi connectivity index (χ0n) is 8.41. The molecule has 11 heteroatoms. The van der Waals surface area contributed by atoms with Gasteiger partial charge >= 0.3 is 12.5 Å². The van der Waals surface area contributed by atoms with Gasteiger partial charge < -0.3 is 4.74 Å². The molecule has 0 aliphatic carbocycles. The van der Waals surface area contributed by atoms with Crippen molar-refractivity contribution in [2.24, 2.45) is 0 Å². The van der Waals surface area contributed by atoms with Crippen LogP contribution in [0.2, 0.25) is 0 Å². The highest BCUT2D eigenvalue weighted by molar-refractivity contribution is 5.36. The van der Waals surface area contributed by atoms with E-state index < -0.39 is 41.8 Å². The van der Waals surface area contributed by atoms with E-state index in [2.05, 4.69) is 9.72 Å². The first kappa shape index (κ1) is 15.4. The van der Waals surface area contributed by atoms with Gasteiger partial charge in [-0.3, -0.25) is 0 Å². The molecule has 0 amide bonds. The normalized spacial score (nSPS) is 12.9. The summed E-state index contributed by atoms with van der Waals surface area (Å²) >= 11 is 0. The van der Waals surface area contributed by atoms with Crippen LogP contribution < -0.4 is 4.74 Å². The molecule has 108 valence electrons. The third-order valence-corrected chi connectivity index (χ3v) is 1.72. The topological polar surface area (TPSA) is 22.1 Å². The van der Waals surface area contributed by atoms with Crippen LogP contribution in [0, 0.1) is 5.82 Å². The SMILES string of the molecule is Fc1c(C(F)F)cnc(C(F)(F)F)c1OC(F)(F)F. The zero-order chi connectivity index (χ0) is 15.0. The second kappa shape index (κ2) is 4.78. The predicted octanol–water partition coefficient (Wildman–Crippen LogP) is 4.08. The van der Waals surface area contributed by atoms with E-state index in [1.54, 1.807) is 0 Å². The minimum Gasteiger partial charge on any atom is -0.400 e. The van der Waals surface area contributed by atoms with Crippen LogP contribution in [0.5, 0.6) is 5.75 Å². The van der Waals surface area contributed by atoms with Crippen LogP contribution >= 0.6 is 0 Å². The van der Waals surface area contributed by atoms with E-state index in [0.717, 1.165) is 0 Å². The van der Waals surface area contributed by atoms with Crippen LogP contribution in [-0.4, -0.2) is 11.3 Å². The lowest BCUT2D eigenvalue weighted by Gasteiger charge is -2.16. The van der Waals surface area contributed by atoms with Gasteiger partial charge in [0.1, 0.15) is 0 Å². The maximum Gasteiger partial charge on any atom is 0.573 e. The minimum absolute atomic E-state index is 0.202. The molecule has 0 saturated heterocycles. The summed E-state index contributed by atoms with van der Waals surface area (Å²) in [5.41, 5.74) is -4.11. The van der Waals surface area contributed by atoms with E-state index in [-0.39, 0.29) is 6.20 Å². The van der Waals surface area contributed by atoms with Gasteiger partial charge in [-0.15, -0.1) is 13.2 Å². The number of hydrogen-bond acceptors (Lipinski definition) is 2. The highest BCUT2D eigenvalue weighted by Gasteiger charge is 2.43. The molecule has 0 aliphatic heterocycles. The monoisotopic (exact) mass is 299 g/mol. The summed E-state index contributed by atoms with van der Waals surface area (Å²) in [5, 5.41) is 0. The second-order valence-corrected chi connectivity index (χ2v) is 3.05. The lowest BCUT2D eigenvalue weighted by Crippen LogP contribution is -2.22. The molecule has 0 fully saturated rings. The van der Waals surface area contributed by atoms with E-state index >= 15 is 0 Å². The fourth-order valence-corrected chi connectivity index (χ4v) is 1.05. The van der Waals surface area contributed by atoms with E-state index in [1.165, 1.54) is 0 Å². The van der Waals surface area contributed by atoms with Gasteiger partial charge in [-0.05, 0) is 0 Å². The number of ether oxygens (including phenoxy) is 1. The molecular formula is C8H2F9NO. The molecular weight excluding hydrogens is 297 g/mol. The van der Waals surface area contributed by atoms with Gasteiger partial charge in [0, 0.05) is 6.20 Å². The summed E-state index contributed by atoms with van der Waals surface area (Å²) in [6, 6.07) is 0. The van der Waals surface area contributed by atoms with Gasteiger partial charge in [-0.25, -0.2) is 18.2 Å². The lowest BCUT2D eigenvalue weighted by molar-refractivity contribution is -0.277. The standard InChI is InChI=1S/C8H2F9NO/c9-3-2(6(10)11)1-18-5(7(12,13)14)4(3)19-8(15,16)17/h1,6H. The lowest BCUT2D eigenvalue weighted by atomic mass is 10.2. The molecule has 1 heterocycles. The maximum absolute atomic E-state index is 13.2. The largest absolute Gasteiger partial charge is 0.573 e. The average Bonchev–Trinajstić information content (AvgIpc) is 2.16. The number of aromatic nitrogens is 1. The molecule has 1 aromatic rings. The van der Waals surface area contributed by atoms with Crippen LogP contribution in [0.25, 0.3) is 0 Å². The van der Waals surface area contributed by atoms with Crippen LogP contribution in [0.3, 0.4) is 0 Å². The van der Waals surface area contributed by atoms with Gasteiger partial charge in [0.2, 0.25) is 0 Å². The van der Waals surface area contributed by atoms with Crippen molar-refractivity contribution >= 4 is 0 Å². The van der Waals surface area contributed by atoms with Crippen molar-refractivity contribution in [1.82, 2.24) is 4.98 Å². The quantitative estimate of drug-likeness (QED) is 0.768. The van der Waals surface area contributed by atoms with Crippen molar-refractivity contribution < 1.29 is 44.3 Å². The van der Waals surface area contributed by atoms with E-state index in [0.29, 0.717) is 0 Å². The third-order valence-electron chi connectivity index (χ3n) is 1.72. The van der Waals surface area contributed by atoms with Crippen molar-refractivity contribution in [3.05, 3.63) is 23.3 Å². The Kier molecular flexibility index (Phi) is 3.87. The van der Waals surface area contributed by atoms with Crippen molar-refractivity contribution in [3.63, 3.8) is 0 Å². The molecule has 0 bridgehead atoms. The first-order chi connectivity index (χ1) is 8.43. The Morgan fingerprint density at radius 3 is 1.95 bits per heavy atom. The fourth-order valence-electron chi connectivity index (χ4n) is 1.05. The van der Waals surface area contributed by atoms with Gasteiger partial charge in [0.15, 0.2) is 17.3 Å². The van der Waals surface area contributed by atoms with Gasteiger partial charge in [0.05, 0.1) is 5.56 Å². The molecule has 1 rings (SSSR count). The Labute approximate surface area is 98.3 Å². The molecule has 0 spiro atoms. The summed E-state index contributed by atoms with van der Waals surface area (Å²) < 4.78 is 113. The molecule has 19 heavy (non-hydrogen) atoms. The first-order valence-electron chi connectivity index (χ1n) is 4.23. The predicted molar refractivity (Wildman–Crippen MR) is 40.8 cm³/mol. The summed E-state index contributed by atoms with van der Waals surface area (Å²) in [6.07, 6.45) is -15.0. The number of hydrogen-bond donors (Lipinski definition) is 0. The molecule has 1 aromatic heterocycles. The molecule has 0 unspecified atom stereocenters. The van der Waals surface area contributed by atoms with E-state index in [1.807, 2.05) is 0 Å². The maximum atomic E-state index is 13.2. The fraction of sp³-hybridized carbons (Fsp3) is 0.375. The minimum atomic E-state index is -5.69. The number of halogens is 9. The Hall–Kier alpha value is -1.68. The van der Waals surface area contributed by atoms with Gasteiger partial charge in [-0.1, -0.05) is 0 Å². The molecule has 0 N–H and O–H groups in total. The molecule has 0 saturated carbocycles. The highest BCUT2D eigenvalue weighted by Crippen LogP contribution is 2.40. The summed E-state index contributed by atoms with van der Waals surface area (Å²) in [5.74, 6) is -4.90. The molecule has 0 radical (unpaired) electrons. The number of alkyl halides is 8. The zero-order valence-corrected chi connectivity index (χ0v) is 8.41. The van der Waals surface area contributed by atoms with Gasteiger partial charge in [-0.2, -0.15) is 13.2 Å². The number of pyridine rings is 1. The van der Waals surface area contributed by atoms with Crippen molar-refractivity contribution in [1.29, 1.82) is 0 Å². The average molecular weight is 299 g/mol. The van der Waals surface area contributed by atoms with E-state index in [9.17, 15) is 39.5 Å². The van der Waals surface area contributed by atoms with Gasteiger partial charge in [0.25, 0.3) is 6.43 Å². The second-order valence-electron chi connectivity index (χ2n) is 3.05. The van der Waals surface area contributed by atoms with Crippen LogP contribution in [0.1, 0.15) is 17.7 Å². The molecule has 0 aromatic carbocycles. The Balaban J connectivity index is 3.47. The Morgan fingerprint density at radius 2 is 1.58 bits per heavy atom. The number of nitrogens with zero attached hydrogens (tertiary/aromatic N) is 1. The van der Waals surface area contributed by atoms with Crippen LogP contribution in [-0.2, 0) is 6.18 Å². The van der Waals surface area contributed by atoms with E-state index in [4.69, 9.17) is 0 Å². The van der Waals surface area contributed by atoms with Crippen molar-refractivity contribution in [2.75, 3.05) is 0 Å². The Bertz CT molecular complexity index is 465. The number of rotatable bonds is 2. The molecule has 2 nitrogen and oxygen atoms in total. The van der Waals surface area contributed by atoms with Crippen LogP contribution in [0.15, 0.2) is 6.20 Å². The Morgan fingerprint density at radius 1 is 1.05 bits per heavy atom. The summed E-state index contributed by atoms with van der Waals surface area (Å²) in [4.78, 5) is 2.35. The van der Waals surface area contributed by atoms with Crippen molar-refractivity contribution in [2.45, 2.75) is 19.0 Å². The van der Waals surface area contributed by atoms with Crippen LogP contribution in [0.4, 0.5) is 39.5 Å². The summed E-state index contributed by atoms with van der Waals surface area (Å²) in [6.45, 7) is 0. The molecule has 0 atom stereocenters. The van der Waals surface area contributed by atoms with Crippen molar-refractivity contribution in [3.8, 4) is 5.75 Å². The smallest absolute Gasteiger partial charge is 0.400 e. The third kappa shape index (κ3) is 3.64. The first-order valence-corrected chi connectivity index (χ1v) is 4.23. The highest BCUT2D eigenvalue weighted by atomic mass is 19.4.